The molecule has 10 atom stereocenters. The maximum Gasteiger partial charge on any atom is 0.328 e. The van der Waals surface area contributed by atoms with E-state index in [-0.39, 0.29) is 79.0 Å². The fourth-order valence-electron chi connectivity index (χ4n) is 10.6. The molecule has 7 N–H and O–H groups in total. The molecule has 1 fully saturated rings. The lowest BCUT2D eigenvalue weighted by Gasteiger charge is -2.41. The number of nitrogens with one attached hydrogen (secondary N) is 5. The molecule has 0 radical (unpaired) electrons. The van der Waals surface area contributed by atoms with Gasteiger partial charge in [0.2, 0.25) is 35.4 Å². The van der Waals surface area contributed by atoms with Gasteiger partial charge in [0, 0.05) is 59.4 Å². The number of nitrogens with zero attached hydrogens (tertiary/aromatic N) is 3. The lowest BCUT2D eigenvalue weighted by atomic mass is 9.89. The van der Waals surface area contributed by atoms with Crippen LogP contribution in [-0.2, 0) is 60.6 Å². The lowest BCUT2D eigenvalue weighted by Crippen LogP contribution is -2.60. The second kappa shape index (κ2) is 33.5. The van der Waals surface area contributed by atoms with Crippen molar-refractivity contribution < 1.29 is 52.6 Å². The van der Waals surface area contributed by atoms with Gasteiger partial charge in [0.15, 0.2) is 0 Å². The molecule has 0 saturated carbocycles. The van der Waals surface area contributed by atoms with Crippen molar-refractivity contribution in [1.29, 1.82) is 0 Å². The first kappa shape index (κ1) is 67.2. The van der Waals surface area contributed by atoms with E-state index in [0.29, 0.717) is 57.3 Å². The highest BCUT2D eigenvalue weighted by Crippen LogP contribution is 2.30. The van der Waals surface area contributed by atoms with Crippen LogP contribution < -0.4 is 32.3 Å². The number of hydrogen-bond acceptors (Lipinski definition) is 12. The largest absolute Gasteiger partial charge is 0.467 e. The molecule has 0 aliphatic carbocycles. The van der Waals surface area contributed by atoms with Crippen molar-refractivity contribution in [3.8, 4) is 0 Å². The molecule has 1 saturated heterocycles. The van der Waals surface area contributed by atoms with Crippen LogP contribution in [0, 0.1) is 29.6 Å². The summed E-state index contributed by atoms with van der Waals surface area (Å²) in [5.41, 5.74) is 7.55. The van der Waals surface area contributed by atoms with Crippen LogP contribution in [0.4, 0.5) is 10.5 Å². The third-order valence-corrected chi connectivity index (χ3v) is 15.1. The van der Waals surface area contributed by atoms with Crippen molar-refractivity contribution in [1.82, 2.24) is 36.0 Å². The molecule has 79 heavy (non-hydrogen) atoms. The van der Waals surface area contributed by atoms with E-state index in [4.69, 9.17) is 19.9 Å². The third kappa shape index (κ3) is 20.8. The Morgan fingerprint density at radius 1 is 0.759 bits per heavy atom. The highest BCUT2D eigenvalue weighted by atomic mass is 16.5. The van der Waals surface area contributed by atoms with Crippen LogP contribution in [0.5, 0.6) is 0 Å². The van der Waals surface area contributed by atoms with Crippen molar-refractivity contribution in [2.45, 2.75) is 169 Å². The number of benzene rings is 2. The molecular formula is C59H95N9O11. The van der Waals surface area contributed by atoms with Gasteiger partial charge in [-0.2, -0.15) is 0 Å². The Morgan fingerprint density at radius 2 is 1.42 bits per heavy atom. The van der Waals surface area contributed by atoms with E-state index in [1.807, 2.05) is 110 Å². The number of methoxy groups -OCH3 is 3. The van der Waals surface area contributed by atoms with Gasteiger partial charge in [0.25, 0.3) is 0 Å². The Hall–Kier alpha value is -6.12. The number of hydrogen-bond donors (Lipinski definition) is 6. The summed E-state index contributed by atoms with van der Waals surface area (Å²) < 4.78 is 17.1. The first-order valence-corrected chi connectivity index (χ1v) is 28.2. The first-order valence-electron chi connectivity index (χ1n) is 28.2. The number of carbonyl (C=O) groups is 8. The maximum atomic E-state index is 14.8. The average molecular weight is 1110 g/mol. The summed E-state index contributed by atoms with van der Waals surface area (Å²) in [5, 5.41) is 14.2. The number of anilines is 1. The van der Waals surface area contributed by atoms with Crippen LogP contribution in [0.3, 0.4) is 0 Å². The Kier molecular flexibility index (Phi) is 28.4. The maximum absolute atomic E-state index is 14.8. The van der Waals surface area contributed by atoms with E-state index in [1.165, 1.54) is 21.3 Å². The van der Waals surface area contributed by atoms with Gasteiger partial charge in [-0.1, -0.05) is 111 Å². The quantitative estimate of drug-likeness (QED) is 0.0405. The van der Waals surface area contributed by atoms with Crippen LogP contribution in [0.25, 0.3) is 0 Å². The van der Waals surface area contributed by atoms with Gasteiger partial charge in [-0.05, 0) is 86.1 Å². The summed E-state index contributed by atoms with van der Waals surface area (Å²) in [4.78, 5) is 113. The summed E-state index contributed by atoms with van der Waals surface area (Å²) in [6, 6.07) is 11.8. The number of esters is 1. The highest BCUT2D eigenvalue weighted by molar-refractivity contribution is 5.97. The Morgan fingerprint density at radius 3 is 1.97 bits per heavy atom. The fraction of sp³-hybridized carbons (Fsp3) is 0.661. The van der Waals surface area contributed by atoms with Crippen LogP contribution >= 0.6 is 0 Å². The number of nitrogens with two attached hydrogens (primary N) is 1. The minimum atomic E-state index is -0.925. The summed E-state index contributed by atoms with van der Waals surface area (Å²) in [6.45, 7) is 18.5. The Labute approximate surface area is 470 Å². The number of amides is 8. The van der Waals surface area contributed by atoms with Crippen LogP contribution in [0.2, 0.25) is 0 Å². The fourth-order valence-corrected chi connectivity index (χ4v) is 10.6. The molecule has 0 unspecified atom stereocenters. The second-order valence-corrected chi connectivity index (χ2v) is 22.4. The summed E-state index contributed by atoms with van der Waals surface area (Å²) in [5.74, 6) is -3.55. The van der Waals surface area contributed by atoms with Crippen molar-refractivity contribution >= 4 is 53.1 Å². The zero-order chi connectivity index (χ0) is 59.1. The van der Waals surface area contributed by atoms with Gasteiger partial charge in [-0.25, -0.2) is 9.59 Å². The molecule has 1 aliphatic rings. The summed E-state index contributed by atoms with van der Waals surface area (Å²) in [7, 11) is 7.91. The standard InChI is InChI=1S/C59H95N9O11/c1-15-39(8)52(47(77-12)35-49(70)68-31-20-24-46(68)53(78-13)40(9)54(71)64-45(58(75)79-14)34-42-21-17-16-18-22-42)67(11)57(74)50(37(4)5)65-56(73)51(38(6)7)66(10)32-29-41-25-27-43(28-26-41)62-55(72)44(23-19-30-61-59(60)76)63-48(69)33-36(2)3/h16-18,21-22,25-28,36-40,44-47,50-53H,15,19-20,23-24,29-35H2,1-14H3,(H,62,72)(H,63,69)(H,64,71)(H,65,73)(H3,60,61,76)/t39-,40+,44-,45-,46-,47+,50-,51-,52-,53+/m0/s1. The molecule has 3 rings (SSSR count). The predicted molar refractivity (Wildman–Crippen MR) is 305 cm³/mol. The van der Waals surface area contributed by atoms with Gasteiger partial charge >= 0.3 is 12.0 Å². The number of ether oxygens (including phenoxy) is 3. The number of likely N-dealkylation sites (tertiary alicyclic amines) is 1. The SMILES string of the molecule is CC[C@H](C)[C@@H]([C@@H](CC(=O)N1CCC[C@H]1[C@H](OC)[C@@H](C)C(=O)N[C@@H](Cc1ccccc1)C(=O)OC)OC)N(C)C(=O)[C@@H](NC(=O)[C@H](C(C)C)N(C)CCc1ccc(NC(=O)[C@H](CCCNC(N)=O)NC(=O)CC(C)C)cc1)C(C)C. The monoisotopic (exact) mass is 1110 g/mol. The summed E-state index contributed by atoms with van der Waals surface area (Å²) >= 11 is 0. The Bertz CT molecular complexity index is 2270. The molecule has 0 spiro atoms. The highest BCUT2D eigenvalue weighted by Gasteiger charge is 2.44. The van der Waals surface area contributed by atoms with Crippen molar-refractivity contribution in [3.05, 3.63) is 65.7 Å². The minimum absolute atomic E-state index is 0.0496. The zero-order valence-corrected chi connectivity index (χ0v) is 49.6. The van der Waals surface area contributed by atoms with Gasteiger partial charge in [-0.15, -0.1) is 0 Å². The van der Waals surface area contributed by atoms with Crippen LogP contribution in [0.1, 0.15) is 118 Å². The van der Waals surface area contributed by atoms with E-state index >= 15 is 0 Å². The number of urea groups is 1. The third-order valence-electron chi connectivity index (χ3n) is 15.1. The zero-order valence-electron chi connectivity index (χ0n) is 49.6. The predicted octanol–water partition coefficient (Wildman–Crippen LogP) is 5.07. The van der Waals surface area contributed by atoms with E-state index < -0.39 is 72.3 Å². The molecule has 1 aliphatic heterocycles. The van der Waals surface area contributed by atoms with E-state index in [9.17, 15) is 38.4 Å². The van der Waals surface area contributed by atoms with Crippen molar-refractivity contribution in [2.75, 3.05) is 60.4 Å². The smallest absolute Gasteiger partial charge is 0.328 e. The minimum Gasteiger partial charge on any atom is -0.467 e. The number of primary amides is 1. The lowest BCUT2D eigenvalue weighted by molar-refractivity contribution is -0.149. The molecule has 20 nitrogen and oxygen atoms in total. The van der Waals surface area contributed by atoms with Gasteiger partial charge < -0.3 is 56.3 Å². The average Bonchev–Trinajstić information content (AvgIpc) is 3.91. The second-order valence-electron chi connectivity index (χ2n) is 22.4. The normalized spacial score (nSPS) is 16.9. The van der Waals surface area contributed by atoms with Gasteiger partial charge in [-0.3, -0.25) is 33.7 Å². The van der Waals surface area contributed by atoms with E-state index in [1.54, 1.807) is 35.9 Å². The van der Waals surface area contributed by atoms with Crippen LogP contribution in [0.15, 0.2) is 54.6 Å². The molecule has 8 amide bonds. The molecule has 1 heterocycles. The van der Waals surface area contributed by atoms with Gasteiger partial charge in [0.05, 0.1) is 49.8 Å². The van der Waals surface area contributed by atoms with E-state index in [0.717, 1.165) is 11.1 Å². The first-order chi connectivity index (χ1) is 37.4. The van der Waals surface area contributed by atoms with E-state index in [2.05, 4.69) is 26.6 Å². The van der Waals surface area contributed by atoms with Crippen molar-refractivity contribution in [3.63, 3.8) is 0 Å². The number of likely N-dealkylation sites (N-methyl/N-ethyl adjacent to an activating group) is 2. The van der Waals surface area contributed by atoms with Crippen molar-refractivity contribution in [2.24, 2.45) is 35.3 Å². The molecular weight excluding hydrogens is 1010 g/mol. The number of carbonyl (C=O) groups excluding carboxylic acids is 8. The van der Waals surface area contributed by atoms with Crippen LogP contribution in [-0.4, -0.2) is 166 Å². The van der Waals surface area contributed by atoms with Gasteiger partial charge in [0.1, 0.15) is 18.1 Å². The molecule has 2 aromatic carbocycles. The molecule has 0 bridgehead atoms. The number of rotatable bonds is 33. The molecule has 2 aromatic rings. The molecule has 0 aromatic heterocycles. The Balaban J connectivity index is 1.71. The summed E-state index contributed by atoms with van der Waals surface area (Å²) in [6.07, 6.45) is 2.31. The molecule has 20 heteroatoms. The topological polar surface area (TPSA) is 260 Å². The molecule has 442 valence electrons.